The van der Waals surface area contributed by atoms with Crippen molar-refractivity contribution in [3.8, 4) is 0 Å². The zero-order valence-corrected chi connectivity index (χ0v) is 11.4. The number of aromatic nitrogens is 1. The average Bonchev–Trinajstić information content (AvgIpc) is 2.64. The lowest BCUT2D eigenvalue weighted by Gasteiger charge is -2.11. The van der Waals surface area contributed by atoms with E-state index in [9.17, 15) is 4.79 Å². The highest BCUT2D eigenvalue weighted by atomic mass is 79.9. The minimum absolute atomic E-state index is 0.485. The van der Waals surface area contributed by atoms with Crippen molar-refractivity contribution in [1.82, 2.24) is 4.57 Å². The van der Waals surface area contributed by atoms with Crippen molar-refractivity contribution < 1.29 is 9.90 Å². The van der Waals surface area contributed by atoms with Crippen LogP contribution < -0.4 is 0 Å². The number of rotatable bonds is 3. The average molecular weight is 296 g/mol. The van der Waals surface area contributed by atoms with Crippen LogP contribution in [0.2, 0.25) is 0 Å². The lowest BCUT2D eigenvalue weighted by Crippen LogP contribution is -2.12. The maximum Gasteiger partial charge on any atom is 0.312 e. The predicted octanol–water partition coefficient (Wildman–Crippen LogP) is 3.61. The monoisotopic (exact) mass is 295 g/mol. The van der Waals surface area contributed by atoms with Crippen molar-refractivity contribution in [2.75, 3.05) is 0 Å². The Morgan fingerprint density at radius 1 is 1.47 bits per heavy atom. The van der Waals surface area contributed by atoms with E-state index in [0.717, 1.165) is 27.6 Å². The molecule has 0 spiro atoms. The van der Waals surface area contributed by atoms with E-state index >= 15 is 0 Å². The standard InChI is InChI=1S/C13H14BrNO2/c1-3-15-11-5-4-10(14)6-9(11)7-12(15)8(2)13(16)17/h4-8H,3H2,1-2H3,(H,16,17). The number of benzene rings is 1. The van der Waals surface area contributed by atoms with Gasteiger partial charge < -0.3 is 9.67 Å². The number of carboxylic acids is 1. The van der Waals surface area contributed by atoms with Gasteiger partial charge >= 0.3 is 5.97 Å². The molecule has 0 saturated carbocycles. The van der Waals surface area contributed by atoms with Gasteiger partial charge in [0.15, 0.2) is 0 Å². The lowest BCUT2D eigenvalue weighted by atomic mass is 10.1. The second-order valence-corrected chi connectivity index (χ2v) is 4.99. The maximum atomic E-state index is 11.1. The van der Waals surface area contributed by atoms with Gasteiger partial charge in [-0.05, 0) is 38.1 Å². The zero-order valence-electron chi connectivity index (χ0n) is 9.77. The van der Waals surface area contributed by atoms with Gasteiger partial charge in [0.2, 0.25) is 0 Å². The highest BCUT2D eigenvalue weighted by Crippen LogP contribution is 2.28. The molecule has 0 fully saturated rings. The molecule has 1 N–H and O–H groups in total. The largest absolute Gasteiger partial charge is 0.481 e. The van der Waals surface area contributed by atoms with Crippen LogP contribution in [0.3, 0.4) is 0 Å². The fourth-order valence-corrected chi connectivity index (χ4v) is 2.48. The van der Waals surface area contributed by atoms with E-state index in [-0.39, 0.29) is 0 Å². The highest BCUT2D eigenvalue weighted by molar-refractivity contribution is 9.10. The Morgan fingerprint density at radius 3 is 2.76 bits per heavy atom. The molecule has 1 aromatic heterocycles. The summed E-state index contributed by atoms with van der Waals surface area (Å²) in [5.41, 5.74) is 1.94. The minimum Gasteiger partial charge on any atom is -0.481 e. The molecule has 17 heavy (non-hydrogen) atoms. The van der Waals surface area contributed by atoms with Crippen molar-refractivity contribution in [1.29, 1.82) is 0 Å². The molecule has 0 saturated heterocycles. The van der Waals surface area contributed by atoms with Crippen LogP contribution in [0.25, 0.3) is 10.9 Å². The van der Waals surface area contributed by atoms with E-state index in [0.29, 0.717) is 0 Å². The summed E-state index contributed by atoms with van der Waals surface area (Å²) in [6, 6.07) is 7.96. The number of aryl methyl sites for hydroxylation is 1. The van der Waals surface area contributed by atoms with Crippen LogP contribution >= 0.6 is 15.9 Å². The van der Waals surface area contributed by atoms with Crippen molar-refractivity contribution in [3.63, 3.8) is 0 Å². The summed E-state index contributed by atoms with van der Waals surface area (Å²) >= 11 is 3.43. The zero-order chi connectivity index (χ0) is 12.6. The summed E-state index contributed by atoms with van der Waals surface area (Å²) in [7, 11) is 0. The number of aliphatic carboxylic acids is 1. The first-order chi connectivity index (χ1) is 8.04. The van der Waals surface area contributed by atoms with E-state index in [1.54, 1.807) is 6.92 Å². The van der Waals surface area contributed by atoms with Crippen LogP contribution in [0, 0.1) is 0 Å². The number of halogens is 1. The number of carboxylic acid groups (broad SMARTS) is 1. The van der Waals surface area contributed by atoms with Crippen LogP contribution in [-0.2, 0) is 11.3 Å². The molecule has 1 atom stereocenters. The Hall–Kier alpha value is -1.29. The van der Waals surface area contributed by atoms with Gasteiger partial charge in [0.25, 0.3) is 0 Å². The number of hydrogen-bond donors (Lipinski definition) is 1. The maximum absolute atomic E-state index is 11.1. The molecule has 0 aliphatic rings. The van der Waals surface area contributed by atoms with E-state index < -0.39 is 11.9 Å². The molecular formula is C13H14BrNO2. The predicted molar refractivity (Wildman–Crippen MR) is 71.4 cm³/mol. The van der Waals surface area contributed by atoms with Crippen LogP contribution in [-0.4, -0.2) is 15.6 Å². The molecule has 1 heterocycles. The van der Waals surface area contributed by atoms with Gasteiger partial charge in [0, 0.05) is 27.6 Å². The van der Waals surface area contributed by atoms with Gasteiger partial charge in [-0.1, -0.05) is 15.9 Å². The van der Waals surface area contributed by atoms with Gasteiger partial charge in [-0.3, -0.25) is 4.79 Å². The second-order valence-electron chi connectivity index (χ2n) is 4.08. The Balaban J connectivity index is 2.67. The minimum atomic E-state index is -0.790. The fourth-order valence-electron chi connectivity index (χ4n) is 2.10. The van der Waals surface area contributed by atoms with Crippen molar-refractivity contribution in [3.05, 3.63) is 34.4 Å². The lowest BCUT2D eigenvalue weighted by molar-refractivity contribution is -0.138. The first kappa shape index (κ1) is 12.2. The molecule has 0 radical (unpaired) electrons. The van der Waals surface area contributed by atoms with Crippen LogP contribution in [0.15, 0.2) is 28.7 Å². The Morgan fingerprint density at radius 2 is 2.18 bits per heavy atom. The highest BCUT2D eigenvalue weighted by Gasteiger charge is 2.19. The van der Waals surface area contributed by atoms with Gasteiger partial charge in [0.1, 0.15) is 0 Å². The van der Waals surface area contributed by atoms with Crippen molar-refractivity contribution in [2.24, 2.45) is 0 Å². The summed E-state index contributed by atoms with van der Waals surface area (Å²) in [6.07, 6.45) is 0. The smallest absolute Gasteiger partial charge is 0.312 e. The SMILES string of the molecule is CCn1c(C(C)C(=O)O)cc2cc(Br)ccc21. The van der Waals surface area contributed by atoms with E-state index in [2.05, 4.69) is 20.5 Å². The fraction of sp³-hybridized carbons (Fsp3) is 0.308. The summed E-state index contributed by atoms with van der Waals surface area (Å²) in [6.45, 7) is 4.52. The molecule has 0 amide bonds. The van der Waals surface area contributed by atoms with Gasteiger partial charge in [-0.15, -0.1) is 0 Å². The summed E-state index contributed by atoms with van der Waals surface area (Å²) in [5.74, 6) is -1.28. The molecular weight excluding hydrogens is 282 g/mol. The normalized spacial score (nSPS) is 12.9. The quantitative estimate of drug-likeness (QED) is 0.940. The molecule has 0 aliphatic heterocycles. The third-order valence-electron chi connectivity index (χ3n) is 3.03. The molecule has 1 unspecified atom stereocenters. The number of fused-ring (bicyclic) bond motifs is 1. The molecule has 0 bridgehead atoms. The Labute approximate surface area is 108 Å². The topological polar surface area (TPSA) is 42.2 Å². The Bertz CT molecular complexity index is 574. The number of carbonyl (C=O) groups is 1. The molecule has 90 valence electrons. The van der Waals surface area contributed by atoms with Gasteiger partial charge in [-0.25, -0.2) is 0 Å². The van der Waals surface area contributed by atoms with Crippen LogP contribution in [0.1, 0.15) is 25.5 Å². The first-order valence-corrected chi connectivity index (χ1v) is 6.35. The third kappa shape index (κ3) is 2.09. The second kappa shape index (κ2) is 4.53. The van der Waals surface area contributed by atoms with Crippen LogP contribution in [0.5, 0.6) is 0 Å². The molecule has 2 aromatic rings. The van der Waals surface area contributed by atoms with Gasteiger partial charge in [0.05, 0.1) is 5.92 Å². The van der Waals surface area contributed by atoms with Crippen molar-refractivity contribution in [2.45, 2.75) is 26.3 Å². The van der Waals surface area contributed by atoms with E-state index in [1.807, 2.05) is 31.2 Å². The molecule has 2 rings (SSSR count). The summed E-state index contributed by atoms with van der Waals surface area (Å²) < 4.78 is 3.06. The van der Waals surface area contributed by atoms with Crippen LogP contribution in [0.4, 0.5) is 0 Å². The third-order valence-corrected chi connectivity index (χ3v) is 3.52. The summed E-state index contributed by atoms with van der Waals surface area (Å²) in [5, 5.41) is 10.2. The molecule has 1 aromatic carbocycles. The first-order valence-electron chi connectivity index (χ1n) is 5.56. The number of hydrogen-bond acceptors (Lipinski definition) is 1. The molecule has 4 heteroatoms. The molecule has 3 nitrogen and oxygen atoms in total. The van der Waals surface area contributed by atoms with E-state index in [1.165, 1.54) is 0 Å². The van der Waals surface area contributed by atoms with E-state index in [4.69, 9.17) is 5.11 Å². The number of nitrogens with zero attached hydrogens (tertiary/aromatic N) is 1. The Kier molecular flexibility index (Phi) is 3.24. The van der Waals surface area contributed by atoms with Crippen molar-refractivity contribution >= 4 is 32.8 Å². The molecule has 0 aliphatic carbocycles. The van der Waals surface area contributed by atoms with Gasteiger partial charge in [-0.2, -0.15) is 0 Å². The summed E-state index contributed by atoms with van der Waals surface area (Å²) in [4.78, 5) is 11.1.